The van der Waals surface area contributed by atoms with Crippen LogP contribution in [0.2, 0.25) is 0 Å². The molecule has 0 heterocycles. The Balaban J connectivity index is 6.90. The summed E-state index contributed by atoms with van der Waals surface area (Å²) in [6.45, 7) is 14.9. The number of carboxylic acid groups (broad SMARTS) is 1. The van der Waals surface area contributed by atoms with Crippen LogP contribution in [-0.2, 0) is 43.2 Å². The highest BCUT2D eigenvalue weighted by Crippen LogP contribution is 2.15. The molecule has 0 aromatic rings. The lowest BCUT2D eigenvalue weighted by Gasteiger charge is -2.30. The SMILES string of the molecule is CC[C@H](C)[C@H](NC(=O)[C@H](CC(C)C)NC(=O)[C@H](CCCN=C(N)N)NC(=O)[C@H](CCSC)NC(=O)[C@H](CCCCN)NC(=O)[C@H](CC(C)C)NC(=O)[C@@H](NC(=O)[C@@H](N)CS)[C@@H](C)CC)C(=O)N[C@@H](CS)C(=O)O. The lowest BCUT2D eigenvalue weighted by molar-refractivity contribution is -0.142. The Hall–Kier alpha value is -4.53. The zero-order chi connectivity index (χ0) is 56.0. The number of nitrogens with two attached hydrogens (primary N) is 4. The van der Waals surface area contributed by atoms with Crippen LogP contribution in [0.3, 0.4) is 0 Å². The van der Waals surface area contributed by atoms with Crippen molar-refractivity contribution in [2.75, 3.05) is 36.6 Å². The Morgan fingerprint density at radius 3 is 1.30 bits per heavy atom. The van der Waals surface area contributed by atoms with Crippen LogP contribution in [0.5, 0.6) is 0 Å². The van der Waals surface area contributed by atoms with Gasteiger partial charge >= 0.3 is 5.97 Å². The standard InChI is InChI=1S/C47H89N13O10S3/c1-10-27(7)36(59-38(61)29(49)23-71)44(67)57-33(21-25(3)4)42(65)54-30(15-12-13-18-48)39(62)55-32(17-20-73-9)41(64)53-31(16-14-19-52-47(50)51)40(63)56-34(22-26(5)6)43(66)60-37(28(8)11-2)45(68)58-35(24-72)46(69)70/h25-37,71-72H,10-24,48-49H2,1-9H3,(H,53,64)(H,54,65)(H,55,62)(H,56,63)(H,57,67)(H,58,68)(H,59,61)(H,60,66)(H,69,70)(H4,50,51,52)/t27-,28-,29-,30-,31-,32-,33-,34-,35-,36-,37-/m0/s1. The van der Waals surface area contributed by atoms with E-state index in [0.29, 0.717) is 38.0 Å². The fourth-order valence-electron chi connectivity index (χ4n) is 7.24. The number of nitrogens with zero attached hydrogens (tertiary/aromatic N) is 1. The van der Waals surface area contributed by atoms with Gasteiger partial charge in [0, 0.05) is 18.1 Å². The van der Waals surface area contributed by atoms with Crippen LogP contribution >= 0.6 is 37.0 Å². The fraction of sp³-hybridized carbons (Fsp3) is 0.787. The minimum Gasteiger partial charge on any atom is -0.480 e. The third-order valence-electron chi connectivity index (χ3n) is 12.0. The number of nitrogens with one attached hydrogen (secondary N) is 8. The molecule has 0 rings (SSSR count). The molecule has 0 fully saturated rings. The van der Waals surface area contributed by atoms with Crippen LogP contribution in [0.15, 0.2) is 4.99 Å². The monoisotopic (exact) mass is 1090 g/mol. The molecule has 0 radical (unpaired) electrons. The molecule has 0 saturated carbocycles. The van der Waals surface area contributed by atoms with E-state index >= 15 is 0 Å². The van der Waals surface area contributed by atoms with Gasteiger partial charge in [0.1, 0.15) is 48.3 Å². The molecule has 17 N–H and O–H groups in total. The van der Waals surface area contributed by atoms with Crippen LogP contribution in [0, 0.1) is 23.7 Å². The minimum atomic E-state index is -1.32. The van der Waals surface area contributed by atoms with Gasteiger partial charge in [0.25, 0.3) is 0 Å². The van der Waals surface area contributed by atoms with Crippen molar-refractivity contribution in [3.05, 3.63) is 0 Å². The number of hydrogen-bond acceptors (Lipinski definition) is 15. The van der Waals surface area contributed by atoms with Crippen LogP contribution in [-0.4, -0.2) is 155 Å². The first-order chi connectivity index (χ1) is 34.3. The van der Waals surface area contributed by atoms with E-state index < -0.39 is 114 Å². The highest BCUT2D eigenvalue weighted by atomic mass is 32.2. The number of amides is 8. The fourth-order valence-corrected chi connectivity index (χ4v) is 8.13. The second-order valence-corrected chi connectivity index (χ2v) is 20.9. The average molecular weight is 1090 g/mol. The molecule has 73 heavy (non-hydrogen) atoms. The van der Waals surface area contributed by atoms with E-state index in [4.69, 9.17) is 22.9 Å². The molecule has 0 aliphatic carbocycles. The molecule has 26 heteroatoms. The summed E-state index contributed by atoms with van der Waals surface area (Å²) in [7, 11) is 0. The number of thiol groups is 2. The van der Waals surface area contributed by atoms with E-state index in [1.54, 1.807) is 20.8 Å². The molecule has 8 amide bonds. The van der Waals surface area contributed by atoms with Gasteiger partial charge in [-0.05, 0) is 93.6 Å². The molecule has 23 nitrogen and oxygen atoms in total. The second kappa shape index (κ2) is 37.2. The van der Waals surface area contributed by atoms with Gasteiger partial charge < -0.3 is 70.6 Å². The molecule has 0 saturated heterocycles. The van der Waals surface area contributed by atoms with Crippen molar-refractivity contribution in [2.45, 2.75) is 174 Å². The summed E-state index contributed by atoms with van der Waals surface area (Å²) in [6, 6.07) is -10.6. The Morgan fingerprint density at radius 1 is 0.534 bits per heavy atom. The van der Waals surface area contributed by atoms with Crippen molar-refractivity contribution < 1.29 is 48.3 Å². The second-order valence-electron chi connectivity index (χ2n) is 19.2. The largest absolute Gasteiger partial charge is 0.480 e. The van der Waals surface area contributed by atoms with E-state index in [1.165, 1.54) is 11.8 Å². The predicted molar refractivity (Wildman–Crippen MR) is 292 cm³/mol. The molecule has 0 aliphatic rings. The summed E-state index contributed by atoms with van der Waals surface area (Å²) in [5.41, 5.74) is 22.7. The maximum Gasteiger partial charge on any atom is 0.327 e. The summed E-state index contributed by atoms with van der Waals surface area (Å²) in [5, 5.41) is 31.1. The zero-order valence-electron chi connectivity index (χ0n) is 44.3. The van der Waals surface area contributed by atoms with Crippen LogP contribution in [0.1, 0.15) is 120 Å². The molecule has 0 unspecified atom stereocenters. The van der Waals surface area contributed by atoms with E-state index in [9.17, 15) is 48.3 Å². The number of hydrogen-bond donors (Lipinski definition) is 15. The number of aliphatic carboxylic acids is 1. The van der Waals surface area contributed by atoms with Crippen LogP contribution in [0.4, 0.5) is 0 Å². The maximum absolute atomic E-state index is 14.3. The Bertz CT molecular complexity index is 1800. The number of unbranched alkanes of at least 4 members (excludes halogenated alkanes) is 1. The van der Waals surface area contributed by atoms with Gasteiger partial charge in [-0.3, -0.25) is 43.3 Å². The number of guanidine groups is 1. The molecule has 11 atom stereocenters. The van der Waals surface area contributed by atoms with Gasteiger partial charge in [-0.15, -0.1) is 0 Å². The summed E-state index contributed by atoms with van der Waals surface area (Å²) >= 11 is 9.51. The number of carboxylic acids is 1. The van der Waals surface area contributed by atoms with Gasteiger partial charge in [-0.1, -0.05) is 68.2 Å². The molecule has 0 spiro atoms. The first kappa shape index (κ1) is 68.5. The molecular formula is C47H89N13O10S3. The number of carbonyl (C=O) groups excluding carboxylic acids is 8. The Kier molecular flexibility index (Phi) is 34.9. The molecule has 420 valence electrons. The van der Waals surface area contributed by atoms with E-state index in [1.807, 2.05) is 40.9 Å². The number of aliphatic imine (C=N–C) groups is 1. The highest BCUT2D eigenvalue weighted by Gasteiger charge is 2.36. The number of carbonyl (C=O) groups is 9. The highest BCUT2D eigenvalue weighted by molar-refractivity contribution is 7.98. The van der Waals surface area contributed by atoms with Gasteiger partial charge in [0.15, 0.2) is 5.96 Å². The predicted octanol–water partition coefficient (Wildman–Crippen LogP) is -0.744. The molecule has 0 bridgehead atoms. The smallest absolute Gasteiger partial charge is 0.327 e. The summed E-state index contributed by atoms with van der Waals surface area (Å²) < 4.78 is 0. The summed E-state index contributed by atoms with van der Waals surface area (Å²) in [5.74, 6) is -7.83. The first-order valence-electron chi connectivity index (χ1n) is 25.2. The maximum atomic E-state index is 14.3. The lowest BCUT2D eigenvalue weighted by Crippen LogP contribution is -2.61. The Labute approximate surface area is 447 Å². The molecule has 0 aliphatic heterocycles. The van der Waals surface area contributed by atoms with Crippen LogP contribution < -0.4 is 65.5 Å². The van der Waals surface area contributed by atoms with Crippen molar-refractivity contribution >= 4 is 96.2 Å². The first-order valence-corrected chi connectivity index (χ1v) is 27.9. The normalized spacial score (nSPS) is 15.8. The number of rotatable bonds is 38. The summed E-state index contributed by atoms with van der Waals surface area (Å²) in [6.07, 6.45) is 4.36. The molecule has 0 aromatic heterocycles. The van der Waals surface area contributed by atoms with Gasteiger partial charge in [-0.25, -0.2) is 4.79 Å². The number of thioether (sulfide) groups is 1. The third kappa shape index (κ3) is 27.0. The van der Waals surface area contributed by atoms with Crippen molar-refractivity contribution in [3.8, 4) is 0 Å². The molecule has 0 aromatic carbocycles. The lowest BCUT2D eigenvalue weighted by atomic mass is 9.96. The molecular weight excluding hydrogens is 1000 g/mol. The van der Waals surface area contributed by atoms with Gasteiger partial charge in [-0.2, -0.15) is 37.0 Å². The van der Waals surface area contributed by atoms with E-state index in [0.717, 1.165) is 0 Å². The van der Waals surface area contributed by atoms with Crippen molar-refractivity contribution in [2.24, 2.45) is 51.6 Å². The summed E-state index contributed by atoms with van der Waals surface area (Å²) in [4.78, 5) is 127. The van der Waals surface area contributed by atoms with Gasteiger partial charge in [0.2, 0.25) is 47.3 Å². The van der Waals surface area contributed by atoms with E-state index in [2.05, 4.69) is 72.8 Å². The van der Waals surface area contributed by atoms with Crippen LogP contribution in [0.25, 0.3) is 0 Å². The van der Waals surface area contributed by atoms with Crippen molar-refractivity contribution in [1.29, 1.82) is 0 Å². The third-order valence-corrected chi connectivity index (χ3v) is 13.4. The minimum absolute atomic E-state index is 0.0178. The quantitative estimate of drug-likeness (QED) is 0.0157. The van der Waals surface area contributed by atoms with Crippen molar-refractivity contribution in [3.63, 3.8) is 0 Å². The van der Waals surface area contributed by atoms with Gasteiger partial charge in [0.05, 0.1) is 6.04 Å². The zero-order valence-corrected chi connectivity index (χ0v) is 46.9. The Morgan fingerprint density at radius 2 is 0.918 bits per heavy atom. The van der Waals surface area contributed by atoms with Crippen molar-refractivity contribution in [1.82, 2.24) is 42.5 Å². The topological polar surface area (TPSA) is 387 Å². The average Bonchev–Trinajstić information content (AvgIpc) is 3.33. The van der Waals surface area contributed by atoms with E-state index in [-0.39, 0.29) is 80.3 Å².